The van der Waals surface area contributed by atoms with Crippen LogP contribution in [0, 0.1) is 5.92 Å². The third-order valence-electron chi connectivity index (χ3n) is 4.01. The number of piperidine rings is 1. The largest absolute Gasteiger partial charge is 0.338 e. The quantitative estimate of drug-likeness (QED) is 0.868. The molecule has 2 heterocycles. The van der Waals surface area contributed by atoms with Crippen molar-refractivity contribution in [3.05, 3.63) is 53.9 Å². The van der Waals surface area contributed by atoms with Crippen LogP contribution in [0.15, 0.2) is 42.7 Å². The van der Waals surface area contributed by atoms with E-state index >= 15 is 0 Å². The molecule has 1 aromatic heterocycles. The number of hydrogen-bond donors (Lipinski definition) is 0. The summed E-state index contributed by atoms with van der Waals surface area (Å²) in [5.41, 5.74) is 1.88. The second kappa shape index (κ2) is 6.12. The first kappa shape index (κ1) is 13.9. The average Bonchev–Trinajstić information content (AvgIpc) is 2.96. The Morgan fingerprint density at radius 3 is 2.90 bits per heavy atom. The van der Waals surface area contributed by atoms with Gasteiger partial charge in [0.15, 0.2) is 0 Å². The Morgan fingerprint density at radius 1 is 1.33 bits per heavy atom. The van der Waals surface area contributed by atoms with E-state index in [0.29, 0.717) is 18.0 Å². The number of likely N-dealkylation sites (tertiary alicyclic amines) is 1. The Balaban J connectivity index is 1.68. The van der Waals surface area contributed by atoms with E-state index in [-0.39, 0.29) is 5.91 Å². The molecule has 1 atom stereocenters. The molecule has 0 radical (unpaired) electrons. The Kier molecular flexibility index (Phi) is 4.04. The molecule has 0 aliphatic carbocycles. The summed E-state index contributed by atoms with van der Waals surface area (Å²) >= 11 is 0. The van der Waals surface area contributed by atoms with E-state index in [1.807, 2.05) is 34.0 Å². The first-order valence-corrected chi connectivity index (χ1v) is 7.58. The Labute approximate surface area is 125 Å². The monoisotopic (exact) mass is 283 g/mol. The van der Waals surface area contributed by atoms with Gasteiger partial charge in [0.2, 0.25) is 0 Å². The fourth-order valence-electron chi connectivity index (χ4n) is 2.89. The van der Waals surface area contributed by atoms with E-state index in [4.69, 9.17) is 0 Å². The topological polar surface area (TPSA) is 38.1 Å². The lowest BCUT2D eigenvalue weighted by atomic mass is 10.00. The van der Waals surface area contributed by atoms with Crippen molar-refractivity contribution >= 4 is 5.91 Å². The Bertz CT molecular complexity index is 606. The average molecular weight is 283 g/mol. The van der Waals surface area contributed by atoms with Crippen molar-refractivity contribution in [1.29, 1.82) is 0 Å². The molecule has 1 amide bonds. The normalized spacial score (nSPS) is 18.7. The Hall–Kier alpha value is -2.10. The van der Waals surface area contributed by atoms with Crippen LogP contribution in [0.25, 0.3) is 0 Å². The lowest BCUT2D eigenvalue weighted by Crippen LogP contribution is -2.38. The zero-order valence-corrected chi connectivity index (χ0v) is 12.4. The van der Waals surface area contributed by atoms with E-state index < -0.39 is 0 Å². The highest BCUT2D eigenvalue weighted by Gasteiger charge is 2.22. The van der Waals surface area contributed by atoms with Crippen LogP contribution in [0.4, 0.5) is 0 Å². The Morgan fingerprint density at radius 2 is 2.14 bits per heavy atom. The van der Waals surface area contributed by atoms with Gasteiger partial charge in [-0.25, -0.2) is 0 Å². The van der Waals surface area contributed by atoms with Gasteiger partial charge in [-0.05, 0) is 24.3 Å². The van der Waals surface area contributed by atoms with Gasteiger partial charge in [-0.3, -0.25) is 9.48 Å². The van der Waals surface area contributed by atoms with Crippen molar-refractivity contribution in [2.24, 2.45) is 5.92 Å². The molecule has 1 aliphatic rings. The number of hydrogen-bond acceptors (Lipinski definition) is 2. The first-order valence-electron chi connectivity index (χ1n) is 7.58. The summed E-state index contributed by atoms with van der Waals surface area (Å²) in [7, 11) is 0. The van der Waals surface area contributed by atoms with Crippen molar-refractivity contribution in [2.45, 2.75) is 26.3 Å². The number of aromatic nitrogens is 2. The number of carbonyl (C=O) groups is 1. The molecule has 0 N–H and O–H groups in total. The van der Waals surface area contributed by atoms with E-state index in [1.54, 1.807) is 6.20 Å². The number of nitrogens with zero attached hydrogens (tertiary/aromatic N) is 3. The molecule has 0 saturated carbocycles. The smallest absolute Gasteiger partial charge is 0.257 e. The minimum absolute atomic E-state index is 0.112. The third-order valence-corrected chi connectivity index (χ3v) is 4.01. The lowest BCUT2D eigenvalue weighted by Gasteiger charge is -2.30. The maximum absolute atomic E-state index is 12.5. The van der Waals surface area contributed by atoms with Crippen LogP contribution >= 0.6 is 0 Å². The number of rotatable bonds is 3. The van der Waals surface area contributed by atoms with Gasteiger partial charge in [-0.2, -0.15) is 5.10 Å². The molecule has 110 valence electrons. The van der Waals surface area contributed by atoms with Crippen LogP contribution in [0.3, 0.4) is 0 Å². The summed E-state index contributed by atoms with van der Waals surface area (Å²) in [5.74, 6) is 0.711. The second-order valence-corrected chi connectivity index (χ2v) is 5.91. The van der Waals surface area contributed by atoms with Gasteiger partial charge in [0.25, 0.3) is 5.91 Å². The molecule has 21 heavy (non-hydrogen) atoms. The summed E-state index contributed by atoms with van der Waals surface area (Å²) in [4.78, 5) is 14.4. The van der Waals surface area contributed by atoms with Crippen molar-refractivity contribution in [1.82, 2.24) is 14.7 Å². The fourth-order valence-corrected chi connectivity index (χ4v) is 2.89. The maximum Gasteiger partial charge on any atom is 0.257 e. The summed E-state index contributed by atoms with van der Waals surface area (Å²) in [6, 6.07) is 10.2. The fraction of sp³-hybridized carbons (Fsp3) is 0.412. The van der Waals surface area contributed by atoms with Gasteiger partial charge in [0.05, 0.1) is 18.3 Å². The summed E-state index contributed by atoms with van der Waals surface area (Å²) in [6.07, 6.45) is 5.86. The summed E-state index contributed by atoms with van der Waals surface area (Å²) < 4.78 is 1.83. The lowest BCUT2D eigenvalue weighted by molar-refractivity contribution is 0.0683. The zero-order chi connectivity index (χ0) is 14.7. The van der Waals surface area contributed by atoms with Crippen LogP contribution in [0.2, 0.25) is 0 Å². The predicted molar refractivity (Wildman–Crippen MR) is 82.1 cm³/mol. The molecule has 0 unspecified atom stereocenters. The number of benzene rings is 1. The molecule has 0 spiro atoms. The highest BCUT2D eigenvalue weighted by atomic mass is 16.2. The van der Waals surface area contributed by atoms with Gasteiger partial charge in [-0.1, -0.05) is 37.3 Å². The molecule has 1 saturated heterocycles. The van der Waals surface area contributed by atoms with Gasteiger partial charge < -0.3 is 4.90 Å². The highest BCUT2D eigenvalue weighted by Crippen LogP contribution is 2.17. The zero-order valence-electron chi connectivity index (χ0n) is 12.4. The molecule has 3 rings (SSSR count). The first-order chi connectivity index (χ1) is 10.2. The van der Waals surface area contributed by atoms with Crippen LogP contribution < -0.4 is 0 Å². The second-order valence-electron chi connectivity index (χ2n) is 5.91. The van der Waals surface area contributed by atoms with E-state index in [9.17, 15) is 4.79 Å². The van der Waals surface area contributed by atoms with Crippen LogP contribution in [-0.4, -0.2) is 33.7 Å². The third kappa shape index (κ3) is 3.32. The van der Waals surface area contributed by atoms with Gasteiger partial charge >= 0.3 is 0 Å². The maximum atomic E-state index is 12.5. The summed E-state index contributed by atoms with van der Waals surface area (Å²) in [6.45, 7) is 4.64. The molecule has 1 aliphatic heterocycles. The van der Waals surface area contributed by atoms with E-state index in [1.165, 1.54) is 12.0 Å². The number of amides is 1. The summed E-state index contributed by atoms with van der Waals surface area (Å²) in [5, 5.41) is 4.32. The standard InChI is InChI=1S/C17H21N3O/c1-14-6-5-9-19(11-14)17(21)16-10-18-20(13-16)12-15-7-3-2-4-8-15/h2-4,7-8,10,13-14H,5-6,9,11-12H2,1H3/t14-/m0/s1. The van der Waals surface area contributed by atoms with Crippen LogP contribution in [0.5, 0.6) is 0 Å². The highest BCUT2D eigenvalue weighted by molar-refractivity contribution is 5.93. The molecular formula is C17H21N3O. The number of carbonyl (C=O) groups excluding carboxylic acids is 1. The predicted octanol–water partition coefficient (Wildman–Crippen LogP) is 2.80. The van der Waals surface area contributed by atoms with Crippen molar-refractivity contribution in [2.75, 3.05) is 13.1 Å². The minimum atomic E-state index is 0.112. The van der Waals surface area contributed by atoms with Crippen LogP contribution in [-0.2, 0) is 6.54 Å². The minimum Gasteiger partial charge on any atom is -0.338 e. The van der Waals surface area contributed by atoms with Crippen molar-refractivity contribution in [3.8, 4) is 0 Å². The van der Waals surface area contributed by atoms with Gasteiger partial charge in [-0.15, -0.1) is 0 Å². The van der Waals surface area contributed by atoms with E-state index in [2.05, 4.69) is 24.2 Å². The SMILES string of the molecule is C[C@H]1CCCN(C(=O)c2cnn(Cc3ccccc3)c2)C1. The molecule has 4 heteroatoms. The van der Waals surface area contributed by atoms with Crippen molar-refractivity contribution in [3.63, 3.8) is 0 Å². The van der Waals surface area contributed by atoms with Gasteiger partial charge in [0.1, 0.15) is 0 Å². The van der Waals surface area contributed by atoms with Gasteiger partial charge in [0, 0.05) is 19.3 Å². The molecule has 4 nitrogen and oxygen atoms in total. The molecule has 0 bridgehead atoms. The van der Waals surface area contributed by atoms with Crippen molar-refractivity contribution < 1.29 is 4.79 Å². The van der Waals surface area contributed by atoms with Crippen LogP contribution in [0.1, 0.15) is 35.7 Å². The van der Waals surface area contributed by atoms with E-state index in [0.717, 1.165) is 19.5 Å². The molecule has 1 aromatic carbocycles. The molecular weight excluding hydrogens is 262 g/mol. The molecule has 1 fully saturated rings. The molecule has 2 aromatic rings.